The fourth-order valence-electron chi connectivity index (χ4n) is 3.58. The molecule has 0 saturated heterocycles. The van der Waals surface area contributed by atoms with E-state index in [2.05, 4.69) is 6.92 Å². The van der Waals surface area contributed by atoms with Crippen LogP contribution in [0, 0.1) is 0 Å². The van der Waals surface area contributed by atoms with E-state index in [4.69, 9.17) is 9.84 Å². The zero-order valence-electron chi connectivity index (χ0n) is 20.2. The molecule has 0 fully saturated rings. The van der Waals surface area contributed by atoms with Crippen molar-refractivity contribution >= 4 is 5.97 Å². The van der Waals surface area contributed by atoms with Crippen LogP contribution >= 0.6 is 0 Å². The molecular weight excluding hydrogens is 432 g/mol. The second kappa shape index (κ2) is 20.6. The van der Waals surface area contributed by atoms with Crippen molar-refractivity contribution in [3.8, 4) is 0 Å². The van der Waals surface area contributed by atoms with Crippen molar-refractivity contribution in [3.63, 3.8) is 0 Å². The van der Waals surface area contributed by atoms with Gasteiger partial charge in [0.1, 0.15) is 31.0 Å². The van der Waals surface area contributed by atoms with Crippen LogP contribution in [0.1, 0.15) is 96.8 Å². The van der Waals surface area contributed by atoms with E-state index >= 15 is 0 Å². The highest BCUT2D eigenvalue weighted by Crippen LogP contribution is 2.15. The fourth-order valence-corrected chi connectivity index (χ4v) is 3.58. The first-order chi connectivity index (χ1) is 15.7. The minimum absolute atomic E-state index is 0.157. The molecule has 0 spiro atoms. The summed E-state index contributed by atoms with van der Waals surface area (Å²) in [6.07, 6.45) is 4.27. The first-order valence-corrected chi connectivity index (χ1v) is 12.6. The summed E-state index contributed by atoms with van der Waals surface area (Å²) < 4.78 is 4.87. The van der Waals surface area contributed by atoms with Gasteiger partial charge in [-0.1, -0.05) is 71.1 Å². The maximum atomic E-state index is 11.7. The van der Waals surface area contributed by atoms with Gasteiger partial charge < -0.3 is 40.5 Å². The van der Waals surface area contributed by atoms with Gasteiger partial charge in [0, 0.05) is 6.42 Å². The van der Waals surface area contributed by atoms with E-state index in [9.17, 15) is 35.4 Å². The maximum absolute atomic E-state index is 11.7. The molecular formula is C24H48O9. The predicted molar refractivity (Wildman–Crippen MR) is 124 cm³/mol. The normalized spacial score (nSPS) is 17.2. The van der Waals surface area contributed by atoms with Crippen molar-refractivity contribution < 1.29 is 45.3 Å². The molecule has 0 heterocycles. The summed E-state index contributed by atoms with van der Waals surface area (Å²) in [6.45, 7) is 0.886. The quantitative estimate of drug-likeness (QED) is 0.0888. The predicted octanol–water partition coefficient (Wildman–Crippen LogP) is 1.17. The summed E-state index contributed by atoms with van der Waals surface area (Å²) >= 11 is 0. The number of ether oxygens (including phenoxy) is 1. The molecule has 0 aromatic carbocycles. The van der Waals surface area contributed by atoms with Crippen molar-refractivity contribution in [2.24, 2.45) is 0 Å². The third-order valence-electron chi connectivity index (χ3n) is 5.92. The number of hydrogen-bond acceptors (Lipinski definition) is 9. The molecule has 0 rings (SSSR count). The molecule has 9 heteroatoms. The van der Waals surface area contributed by atoms with E-state index in [0.717, 1.165) is 38.5 Å². The summed E-state index contributed by atoms with van der Waals surface area (Å²) in [5.41, 5.74) is 0. The van der Waals surface area contributed by atoms with Crippen LogP contribution in [-0.4, -0.2) is 91.6 Å². The lowest BCUT2D eigenvalue weighted by molar-refractivity contribution is -0.156. The highest BCUT2D eigenvalue weighted by atomic mass is 16.5. The van der Waals surface area contributed by atoms with Gasteiger partial charge in [0.15, 0.2) is 0 Å². The Hall–Kier alpha value is -0.810. The average molecular weight is 481 g/mol. The first kappa shape index (κ1) is 32.2. The highest BCUT2D eigenvalue weighted by molar-refractivity contribution is 5.69. The number of aliphatic hydroxyl groups excluding tert-OH is 7. The standard InChI is InChI=1S/C24H48O9/c1-2-3-4-5-7-10-13-18(26)19(27)14-11-8-6-9-12-15-22(30)33-17-21(29)24(32)23(31)20(28)16-25/h18-21,23-29,31-32H,2-17H2,1H3/t18?,19?,20-,21+,23-,24-/m1/s1. The maximum Gasteiger partial charge on any atom is 0.305 e. The molecule has 0 aliphatic rings. The Morgan fingerprint density at radius 1 is 0.636 bits per heavy atom. The van der Waals surface area contributed by atoms with E-state index < -0.39 is 55.8 Å². The lowest BCUT2D eigenvalue weighted by Gasteiger charge is -2.25. The van der Waals surface area contributed by atoms with E-state index in [1.165, 1.54) is 25.7 Å². The van der Waals surface area contributed by atoms with E-state index in [0.29, 0.717) is 19.3 Å². The van der Waals surface area contributed by atoms with Crippen LogP contribution in [0.5, 0.6) is 0 Å². The van der Waals surface area contributed by atoms with Crippen LogP contribution in [0.3, 0.4) is 0 Å². The number of carbonyl (C=O) groups is 1. The molecule has 33 heavy (non-hydrogen) atoms. The Morgan fingerprint density at radius 2 is 1.09 bits per heavy atom. The van der Waals surface area contributed by atoms with Crippen LogP contribution in [0.25, 0.3) is 0 Å². The second-order valence-electron chi connectivity index (χ2n) is 8.98. The number of carbonyl (C=O) groups excluding carboxylic acids is 1. The van der Waals surface area contributed by atoms with Gasteiger partial charge in [0.05, 0.1) is 18.8 Å². The molecule has 0 radical (unpaired) electrons. The summed E-state index contributed by atoms with van der Waals surface area (Å²) in [7, 11) is 0. The van der Waals surface area contributed by atoms with Crippen molar-refractivity contribution in [3.05, 3.63) is 0 Å². The molecule has 0 saturated carbocycles. The molecule has 0 aromatic rings. The highest BCUT2D eigenvalue weighted by Gasteiger charge is 2.30. The molecule has 0 aromatic heterocycles. The van der Waals surface area contributed by atoms with E-state index in [-0.39, 0.29) is 6.42 Å². The number of hydrogen-bond donors (Lipinski definition) is 7. The lowest BCUT2D eigenvalue weighted by atomic mass is 9.99. The van der Waals surface area contributed by atoms with Gasteiger partial charge in [-0.3, -0.25) is 4.79 Å². The van der Waals surface area contributed by atoms with Crippen LogP contribution in [-0.2, 0) is 9.53 Å². The second-order valence-corrected chi connectivity index (χ2v) is 8.98. The number of aliphatic hydroxyl groups is 7. The zero-order chi connectivity index (χ0) is 25.1. The molecule has 0 aliphatic heterocycles. The Balaban J connectivity index is 3.70. The van der Waals surface area contributed by atoms with Gasteiger partial charge in [-0.25, -0.2) is 0 Å². The fraction of sp³-hybridized carbons (Fsp3) is 0.958. The Labute approximate surface area is 198 Å². The topological polar surface area (TPSA) is 168 Å². The number of rotatable bonds is 22. The summed E-state index contributed by atoms with van der Waals surface area (Å²) in [5, 5.41) is 67.0. The van der Waals surface area contributed by atoms with Crippen molar-refractivity contribution in [1.82, 2.24) is 0 Å². The lowest BCUT2D eigenvalue weighted by Crippen LogP contribution is -2.47. The van der Waals surface area contributed by atoms with Gasteiger partial charge in [-0.2, -0.15) is 0 Å². The molecule has 0 amide bonds. The summed E-state index contributed by atoms with van der Waals surface area (Å²) in [5.74, 6) is -0.535. The molecule has 2 unspecified atom stereocenters. The monoisotopic (exact) mass is 480 g/mol. The van der Waals surface area contributed by atoms with Crippen molar-refractivity contribution in [2.45, 2.75) is 133 Å². The SMILES string of the molecule is CCCCCCCCC(O)C(O)CCCCCCCC(=O)OC[C@H](O)[C@@H](O)[C@H](O)[C@H](O)CO. The largest absolute Gasteiger partial charge is 0.463 e. The average Bonchev–Trinajstić information content (AvgIpc) is 2.81. The van der Waals surface area contributed by atoms with Gasteiger partial charge in [0.25, 0.3) is 0 Å². The van der Waals surface area contributed by atoms with Gasteiger partial charge >= 0.3 is 5.97 Å². The molecule has 198 valence electrons. The van der Waals surface area contributed by atoms with Gasteiger partial charge in [-0.15, -0.1) is 0 Å². The Morgan fingerprint density at radius 3 is 1.61 bits per heavy atom. The van der Waals surface area contributed by atoms with Crippen LogP contribution in [0.4, 0.5) is 0 Å². The third-order valence-corrected chi connectivity index (χ3v) is 5.92. The third kappa shape index (κ3) is 16.5. The van der Waals surface area contributed by atoms with Gasteiger partial charge in [-0.05, 0) is 19.3 Å². The van der Waals surface area contributed by atoms with Crippen molar-refractivity contribution in [2.75, 3.05) is 13.2 Å². The molecule has 7 N–H and O–H groups in total. The van der Waals surface area contributed by atoms with E-state index in [1.807, 2.05) is 0 Å². The number of unbranched alkanes of at least 4 members (excludes halogenated alkanes) is 9. The zero-order valence-corrected chi connectivity index (χ0v) is 20.2. The smallest absolute Gasteiger partial charge is 0.305 e. The molecule has 0 aliphatic carbocycles. The van der Waals surface area contributed by atoms with Gasteiger partial charge in [0.2, 0.25) is 0 Å². The molecule has 0 bridgehead atoms. The van der Waals surface area contributed by atoms with Crippen molar-refractivity contribution in [1.29, 1.82) is 0 Å². The van der Waals surface area contributed by atoms with Crippen LogP contribution in [0.15, 0.2) is 0 Å². The Kier molecular flexibility index (Phi) is 20.0. The minimum Gasteiger partial charge on any atom is -0.463 e. The summed E-state index contributed by atoms with van der Waals surface area (Å²) in [6, 6.07) is 0. The Bertz CT molecular complexity index is 463. The molecule has 9 nitrogen and oxygen atoms in total. The van der Waals surface area contributed by atoms with Crippen LogP contribution < -0.4 is 0 Å². The minimum atomic E-state index is -1.75. The first-order valence-electron chi connectivity index (χ1n) is 12.6. The number of esters is 1. The van der Waals surface area contributed by atoms with Crippen LogP contribution in [0.2, 0.25) is 0 Å². The summed E-state index contributed by atoms with van der Waals surface area (Å²) in [4.78, 5) is 11.7. The molecule has 6 atom stereocenters. The van der Waals surface area contributed by atoms with E-state index in [1.54, 1.807) is 0 Å².